The van der Waals surface area contributed by atoms with E-state index in [9.17, 15) is 0 Å². The third kappa shape index (κ3) is 3.84. The van der Waals surface area contributed by atoms with Crippen LogP contribution in [0.4, 0.5) is 0 Å². The summed E-state index contributed by atoms with van der Waals surface area (Å²) in [5.41, 5.74) is 16.3. The quantitative estimate of drug-likeness (QED) is 0.180. The van der Waals surface area contributed by atoms with Gasteiger partial charge in [0, 0.05) is 38.3 Å². The monoisotopic (exact) mass is 698 g/mol. The maximum Gasteiger partial charge on any atom is 0.145 e. The molecule has 0 aliphatic heterocycles. The van der Waals surface area contributed by atoms with Gasteiger partial charge in [0.15, 0.2) is 0 Å². The fourth-order valence-electron chi connectivity index (χ4n) is 9.73. The van der Waals surface area contributed by atoms with Gasteiger partial charge in [0.25, 0.3) is 0 Å². The van der Waals surface area contributed by atoms with E-state index >= 15 is 0 Å². The van der Waals surface area contributed by atoms with E-state index in [4.69, 9.17) is 4.42 Å². The number of fused-ring (bicyclic) bond motifs is 14. The molecule has 12 aromatic rings. The molecule has 3 heteroatoms. The number of hydrogen-bond acceptors (Lipinski definition) is 1. The minimum absolute atomic E-state index is 0.901. The highest BCUT2D eigenvalue weighted by Crippen LogP contribution is 2.50. The second-order valence-corrected chi connectivity index (χ2v) is 14.8. The molecule has 0 radical (unpaired) electrons. The maximum absolute atomic E-state index is 6.90. The van der Waals surface area contributed by atoms with Crippen LogP contribution in [0.5, 0.6) is 0 Å². The van der Waals surface area contributed by atoms with Crippen molar-refractivity contribution >= 4 is 76.3 Å². The lowest BCUT2D eigenvalue weighted by Crippen LogP contribution is -1.96. The molecule has 1 aliphatic carbocycles. The van der Waals surface area contributed by atoms with E-state index in [2.05, 4.69) is 191 Å². The Kier molecular flexibility index (Phi) is 5.63. The first-order valence-electron chi connectivity index (χ1n) is 18.9. The Hall–Kier alpha value is -7.36. The van der Waals surface area contributed by atoms with Crippen LogP contribution in [0.25, 0.3) is 121 Å². The van der Waals surface area contributed by atoms with Crippen LogP contribution in [0.15, 0.2) is 186 Å². The van der Waals surface area contributed by atoms with Gasteiger partial charge >= 0.3 is 0 Å². The highest BCUT2D eigenvalue weighted by atomic mass is 16.3. The Morgan fingerprint density at radius 2 is 1.02 bits per heavy atom. The van der Waals surface area contributed by atoms with Gasteiger partial charge in [-0.25, -0.2) is 0 Å². The van der Waals surface area contributed by atoms with Crippen molar-refractivity contribution in [1.82, 2.24) is 9.13 Å². The maximum atomic E-state index is 6.90. The number of benzene rings is 9. The zero-order valence-corrected chi connectivity index (χ0v) is 29.6. The summed E-state index contributed by atoms with van der Waals surface area (Å²) in [6.45, 7) is 0. The van der Waals surface area contributed by atoms with Crippen LogP contribution < -0.4 is 0 Å². The lowest BCUT2D eigenvalue weighted by atomic mass is 10.0. The van der Waals surface area contributed by atoms with Crippen LogP contribution in [0, 0.1) is 0 Å². The van der Waals surface area contributed by atoms with Gasteiger partial charge < -0.3 is 13.6 Å². The van der Waals surface area contributed by atoms with Crippen LogP contribution in [0.1, 0.15) is 0 Å². The molecule has 254 valence electrons. The highest BCUT2D eigenvalue weighted by molar-refractivity contribution is 6.32. The molecule has 3 aromatic heterocycles. The molecule has 0 spiro atoms. The summed E-state index contributed by atoms with van der Waals surface area (Å²) in [6.07, 6.45) is 0. The smallest absolute Gasteiger partial charge is 0.145 e. The van der Waals surface area contributed by atoms with Crippen molar-refractivity contribution in [3.63, 3.8) is 0 Å². The van der Waals surface area contributed by atoms with E-state index < -0.39 is 0 Å². The molecule has 9 aromatic carbocycles. The van der Waals surface area contributed by atoms with E-state index in [1.807, 2.05) is 0 Å². The summed E-state index contributed by atoms with van der Waals surface area (Å²) in [7, 11) is 0. The highest BCUT2D eigenvalue weighted by Gasteiger charge is 2.26. The van der Waals surface area contributed by atoms with Crippen molar-refractivity contribution in [2.45, 2.75) is 0 Å². The molecule has 0 fully saturated rings. The van der Waals surface area contributed by atoms with Gasteiger partial charge in [0.1, 0.15) is 11.2 Å². The zero-order chi connectivity index (χ0) is 35.8. The van der Waals surface area contributed by atoms with Crippen LogP contribution in [0.3, 0.4) is 0 Å². The largest absolute Gasteiger partial charge is 0.455 e. The molecule has 0 saturated carbocycles. The number of nitrogens with zero attached hydrogens (tertiary/aromatic N) is 2. The van der Waals surface area contributed by atoms with Gasteiger partial charge in [-0.05, 0) is 98.8 Å². The number of rotatable bonds is 3. The molecule has 1 aliphatic rings. The lowest BCUT2D eigenvalue weighted by Gasteiger charge is -2.12. The van der Waals surface area contributed by atoms with Crippen molar-refractivity contribution in [3.05, 3.63) is 182 Å². The summed E-state index contributed by atoms with van der Waals surface area (Å²) in [5, 5.41) is 9.60. The first kappa shape index (κ1) is 29.1. The summed E-state index contributed by atoms with van der Waals surface area (Å²) in [6, 6.07) is 66.4. The molecule has 0 unspecified atom stereocenters. The Morgan fingerprint density at radius 1 is 0.345 bits per heavy atom. The Bertz CT molecular complexity index is 3580. The first-order chi connectivity index (χ1) is 27.3. The summed E-state index contributed by atoms with van der Waals surface area (Å²) in [5.74, 6) is 0. The zero-order valence-electron chi connectivity index (χ0n) is 29.6. The van der Waals surface area contributed by atoms with Gasteiger partial charge in [0.05, 0.1) is 27.5 Å². The van der Waals surface area contributed by atoms with Crippen molar-refractivity contribution in [1.29, 1.82) is 0 Å². The molecular formula is C52H30N2O. The predicted octanol–water partition coefficient (Wildman–Crippen LogP) is 14.2. The van der Waals surface area contributed by atoms with Crippen LogP contribution in [-0.4, -0.2) is 9.13 Å². The fraction of sp³-hybridized carbons (Fsp3) is 0. The first-order valence-corrected chi connectivity index (χ1v) is 18.9. The van der Waals surface area contributed by atoms with Crippen molar-refractivity contribution < 1.29 is 4.42 Å². The Labute approximate surface area is 315 Å². The van der Waals surface area contributed by atoms with Gasteiger partial charge in [-0.15, -0.1) is 0 Å². The molecule has 0 N–H and O–H groups in total. The molecular weight excluding hydrogens is 669 g/mol. The normalized spacial score (nSPS) is 12.4. The molecule has 0 saturated heterocycles. The molecule has 3 heterocycles. The molecule has 3 nitrogen and oxygen atoms in total. The third-order valence-corrected chi connectivity index (χ3v) is 12.0. The topological polar surface area (TPSA) is 23.0 Å². The number of para-hydroxylation sites is 2. The number of hydrogen-bond donors (Lipinski definition) is 0. The summed E-state index contributed by atoms with van der Waals surface area (Å²) in [4.78, 5) is 0. The second kappa shape index (κ2) is 10.6. The van der Waals surface area contributed by atoms with Crippen LogP contribution in [-0.2, 0) is 0 Å². The van der Waals surface area contributed by atoms with E-state index in [1.165, 1.54) is 71.3 Å². The van der Waals surface area contributed by atoms with Crippen LogP contribution in [0.2, 0.25) is 0 Å². The number of aromatic nitrogens is 2. The van der Waals surface area contributed by atoms with E-state index in [1.54, 1.807) is 0 Å². The standard InChI is InChI=1S/C52H30N2O/c1-2-11-31(12-3-1)32-21-23-34(24-22-32)54-44-19-8-6-16-38(44)41-25-27-45-49(51(41)54)50-46(28-26-42-39-17-7-9-20-47(39)55-52(42)50)53(45)35-29-33-13-10-18-40-36-14-4-5-15-37(36)43(30-35)48(33)40/h1-30H. The Balaban J connectivity index is 1.20. The van der Waals surface area contributed by atoms with E-state index in [0.717, 1.165) is 49.7 Å². The Morgan fingerprint density at radius 3 is 1.87 bits per heavy atom. The summed E-state index contributed by atoms with van der Waals surface area (Å²) >= 11 is 0. The second-order valence-electron chi connectivity index (χ2n) is 14.8. The number of furan rings is 1. The van der Waals surface area contributed by atoms with Crippen molar-refractivity contribution in [2.75, 3.05) is 0 Å². The van der Waals surface area contributed by atoms with Gasteiger partial charge in [-0.2, -0.15) is 0 Å². The predicted molar refractivity (Wildman–Crippen MR) is 230 cm³/mol. The van der Waals surface area contributed by atoms with E-state index in [-0.39, 0.29) is 0 Å². The SMILES string of the molecule is c1ccc(-c2ccc(-n3c4ccccc4c4ccc5c(c6c7oc8ccccc8c7ccc6n5-c5cc6c7c(cccc7c5)-c5ccccc5-6)c43)cc2)cc1. The van der Waals surface area contributed by atoms with E-state index in [0.29, 0.717) is 0 Å². The molecule has 13 rings (SSSR count). The van der Waals surface area contributed by atoms with Crippen molar-refractivity contribution in [3.8, 4) is 44.8 Å². The van der Waals surface area contributed by atoms with Crippen LogP contribution >= 0.6 is 0 Å². The lowest BCUT2D eigenvalue weighted by molar-refractivity contribution is 0.673. The minimum Gasteiger partial charge on any atom is -0.455 e. The fourth-order valence-corrected chi connectivity index (χ4v) is 9.73. The molecule has 55 heavy (non-hydrogen) atoms. The molecule has 0 bridgehead atoms. The third-order valence-electron chi connectivity index (χ3n) is 12.0. The molecule has 0 atom stereocenters. The molecule has 0 amide bonds. The average Bonchev–Trinajstić information content (AvgIpc) is 3.98. The van der Waals surface area contributed by atoms with Gasteiger partial charge in [-0.1, -0.05) is 127 Å². The van der Waals surface area contributed by atoms with Crippen molar-refractivity contribution in [2.24, 2.45) is 0 Å². The average molecular weight is 699 g/mol. The van der Waals surface area contributed by atoms with Gasteiger partial charge in [-0.3, -0.25) is 0 Å². The minimum atomic E-state index is 0.901. The van der Waals surface area contributed by atoms with Gasteiger partial charge in [0.2, 0.25) is 0 Å². The summed E-state index contributed by atoms with van der Waals surface area (Å²) < 4.78 is 11.8.